The second-order valence-electron chi connectivity index (χ2n) is 5.40. The van der Waals surface area contributed by atoms with E-state index in [-0.39, 0.29) is 18.2 Å². The molecular formula is C17H17F3N2O2S. The number of likely N-dealkylation sites (N-methyl/N-ethyl adjacent to an activating group) is 1. The van der Waals surface area contributed by atoms with Gasteiger partial charge in [0.05, 0.1) is 12.2 Å². The monoisotopic (exact) mass is 370 g/mol. The van der Waals surface area contributed by atoms with Gasteiger partial charge in [-0.05, 0) is 50.5 Å². The highest BCUT2D eigenvalue weighted by molar-refractivity contribution is 7.99. The number of carbonyl (C=O) groups is 1. The minimum Gasteiger partial charge on any atom is -0.406 e. The maximum absolute atomic E-state index is 12.2. The van der Waals surface area contributed by atoms with Crippen molar-refractivity contribution in [3.05, 3.63) is 48.5 Å². The van der Waals surface area contributed by atoms with Crippen LogP contribution in [0.2, 0.25) is 0 Å². The predicted molar refractivity (Wildman–Crippen MR) is 90.9 cm³/mol. The molecule has 0 aromatic heterocycles. The summed E-state index contributed by atoms with van der Waals surface area (Å²) in [5, 5.41) is 2.83. The number of nitrogens with zero attached hydrogens (tertiary/aromatic N) is 1. The van der Waals surface area contributed by atoms with Gasteiger partial charge < -0.3 is 15.0 Å². The Morgan fingerprint density at radius 3 is 2.36 bits per heavy atom. The fourth-order valence-electron chi connectivity index (χ4n) is 1.97. The van der Waals surface area contributed by atoms with Crippen LogP contribution in [0.3, 0.4) is 0 Å². The highest BCUT2D eigenvalue weighted by atomic mass is 32.2. The molecule has 2 rings (SSSR count). The fraction of sp³-hybridized carbons (Fsp3) is 0.235. The molecule has 0 aliphatic carbocycles. The van der Waals surface area contributed by atoms with E-state index in [2.05, 4.69) is 10.1 Å². The minimum absolute atomic E-state index is 0.146. The van der Waals surface area contributed by atoms with E-state index in [4.69, 9.17) is 0 Å². The third kappa shape index (κ3) is 6.67. The van der Waals surface area contributed by atoms with Crippen molar-refractivity contribution in [1.82, 2.24) is 4.90 Å². The zero-order valence-electron chi connectivity index (χ0n) is 13.6. The molecule has 0 bridgehead atoms. The lowest BCUT2D eigenvalue weighted by Gasteiger charge is -2.13. The molecule has 2 aromatic rings. The minimum atomic E-state index is -4.71. The van der Waals surface area contributed by atoms with Gasteiger partial charge in [0.1, 0.15) is 5.75 Å². The van der Waals surface area contributed by atoms with Crippen molar-refractivity contribution in [2.75, 3.05) is 26.0 Å². The summed E-state index contributed by atoms with van der Waals surface area (Å²) in [7, 11) is 3.59. The number of alkyl halides is 3. The van der Waals surface area contributed by atoms with E-state index < -0.39 is 6.36 Å². The smallest absolute Gasteiger partial charge is 0.406 e. The first-order valence-electron chi connectivity index (χ1n) is 7.30. The van der Waals surface area contributed by atoms with Crippen molar-refractivity contribution >= 4 is 23.4 Å². The Bertz CT molecular complexity index is 719. The van der Waals surface area contributed by atoms with Crippen molar-refractivity contribution in [2.24, 2.45) is 0 Å². The molecule has 0 saturated carbocycles. The predicted octanol–water partition coefficient (Wildman–Crippen LogP) is 4.24. The summed E-state index contributed by atoms with van der Waals surface area (Å²) in [5.41, 5.74) is 0.648. The zero-order chi connectivity index (χ0) is 18.4. The van der Waals surface area contributed by atoms with E-state index in [0.29, 0.717) is 5.69 Å². The van der Waals surface area contributed by atoms with Crippen LogP contribution >= 0.6 is 11.8 Å². The second kappa shape index (κ2) is 8.26. The summed E-state index contributed by atoms with van der Waals surface area (Å²) in [6.45, 7) is 0.252. The highest BCUT2D eigenvalue weighted by Crippen LogP contribution is 2.34. The average molecular weight is 370 g/mol. The summed E-state index contributed by atoms with van der Waals surface area (Å²) in [4.78, 5) is 15.2. The summed E-state index contributed by atoms with van der Waals surface area (Å²) < 4.78 is 40.4. The Morgan fingerprint density at radius 1 is 1.12 bits per heavy atom. The normalized spacial score (nSPS) is 11.4. The van der Waals surface area contributed by atoms with Gasteiger partial charge in [-0.3, -0.25) is 4.79 Å². The molecule has 0 heterocycles. The van der Waals surface area contributed by atoms with E-state index in [1.807, 2.05) is 12.1 Å². The van der Waals surface area contributed by atoms with Crippen LogP contribution in [0.25, 0.3) is 0 Å². The number of rotatable bonds is 6. The number of para-hydroxylation sites is 1. The van der Waals surface area contributed by atoms with Gasteiger partial charge in [0.25, 0.3) is 0 Å². The van der Waals surface area contributed by atoms with Crippen LogP contribution in [0.1, 0.15) is 0 Å². The molecule has 0 aliphatic heterocycles. The lowest BCUT2D eigenvalue weighted by molar-refractivity contribution is -0.274. The number of halogens is 3. The number of benzene rings is 2. The lowest BCUT2D eigenvalue weighted by Crippen LogP contribution is -2.27. The molecule has 1 N–H and O–H groups in total. The molecule has 8 heteroatoms. The first-order chi connectivity index (χ1) is 11.7. The molecule has 0 radical (unpaired) electrons. The Morgan fingerprint density at radius 2 is 1.76 bits per heavy atom. The third-order valence-electron chi connectivity index (χ3n) is 2.91. The summed E-state index contributed by atoms with van der Waals surface area (Å²) in [6.07, 6.45) is -4.71. The Labute approximate surface area is 148 Å². The molecular weight excluding hydrogens is 353 g/mol. The quantitative estimate of drug-likeness (QED) is 0.826. The van der Waals surface area contributed by atoms with Crippen LogP contribution in [-0.2, 0) is 4.79 Å². The molecule has 1 amide bonds. The maximum Gasteiger partial charge on any atom is 0.573 e. The van der Waals surface area contributed by atoms with Gasteiger partial charge >= 0.3 is 6.36 Å². The van der Waals surface area contributed by atoms with Crippen molar-refractivity contribution in [3.8, 4) is 5.75 Å². The Hall–Kier alpha value is -2.19. The number of carbonyl (C=O) groups excluding carboxylic acids is 1. The van der Waals surface area contributed by atoms with Crippen LogP contribution in [0.4, 0.5) is 18.9 Å². The van der Waals surface area contributed by atoms with Gasteiger partial charge in [-0.15, -0.1) is 13.2 Å². The Balaban J connectivity index is 2.08. The molecule has 0 aliphatic rings. The van der Waals surface area contributed by atoms with Crippen molar-refractivity contribution in [2.45, 2.75) is 16.2 Å². The van der Waals surface area contributed by atoms with E-state index in [1.54, 1.807) is 31.1 Å². The van der Waals surface area contributed by atoms with Crippen molar-refractivity contribution in [3.63, 3.8) is 0 Å². The van der Waals surface area contributed by atoms with Crippen LogP contribution in [-0.4, -0.2) is 37.8 Å². The SMILES string of the molecule is CN(C)CC(=O)Nc1ccccc1Sc1ccc(OC(F)(F)F)cc1. The number of hydrogen-bond donors (Lipinski definition) is 1. The molecule has 134 valence electrons. The standard InChI is InChI=1S/C17H17F3N2O2S/c1-22(2)11-16(23)21-14-5-3-4-6-15(14)25-13-9-7-12(8-10-13)24-17(18,19)20/h3-10H,11H2,1-2H3,(H,21,23). The van der Waals surface area contributed by atoms with Gasteiger partial charge in [0, 0.05) is 9.79 Å². The van der Waals surface area contributed by atoms with Crippen molar-refractivity contribution < 1.29 is 22.7 Å². The molecule has 25 heavy (non-hydrogen) atoms. The molecule has 0 spiro atoms. The summed E-state index contributed by atoms with van der Waals surface area (Å²) in [5.74, 6) is -0.420. The third-order valence-corrected chi connectivity index (χ3v) is 3.99. The number of hydrogen-bond acceptors (Lipinski definition) is 4. The number of ether oxygens (including phenoxy) is 1. The van der Waals surface area contributed by atoms with Crippen LogP contribution in [0.5, 0.6) is 5.75 Å². The molecule has 4 nitrogen and oxygen atoms in total. The fourth-order valence-corrected chi connectivity index (χ4v) is 2.87. The van der Waals surface area contributed by atoms with Gasteiger partial charge in [-0.1, -0.05) is 23.9 Å². The summed E-state index contributed by atoms with van der Waals surface area (Å²) >= 11 is 1.34. The second-order valence-corrected chi connectivity index (χ2v) is 6.52. The number of amides is 1. The molecule has 0 atom stereocenters. The van der Waals surface area contributed by atoms with E-state index in [9.17, 15) is 18.0 Å². The molecule has 0 unspecified atom stereocenters. The van der Waals surface area contributed by atoms with E-state index >= 15 is 0 Å². The van der Waals surface area contributed by atoms with Crippen molar-refractivity contribution in [1.29, 1.82) is 0 Å². The number of anilines is 1. The van der Waals surface area contributed by atoms with Gasteiger partial charge in [-0.25, -0.2) is 0 Å². The zero-order valence-corrected chi connectivity index (χ0v) is 14.4. The molecule has 0 fully saturated rings. The summed E-state index contributed by atoms with van der Waals surface area (Å²) in [6, 6.07) is 12.8. The lowest BCUT2D eigenvalue weighted by atomic mass is 10.3. The van der Waals surface area contributed by atoms with E-state index in [1.165, 1.54) is 36.0 Å². The first-order valence-corrected chi connectivity index (χ1v) is 8.12. The topological polar surface area (TPSA) is 41.6 Å². The largest absolute Gasteiger partial charge is 0.573 e. The molecule has 0 saturated heterocycles. The highest BCUT2D eigenvalue weighted by Gasteiger charge is 2.30. The number of nitrogens with one attached hydrogen (secondary N) is 1. The molecule has 2 aromatic carbocycles. The average Bonchev–Trinajstić information content (AvgIpc) is 2.49. The first kappa shape index (κ1) is 19.1. The van der Waals surface area contributed by atoms with Crippen LogP contribution in [0, 0.1) is 0 Å². The van der Waals surface area contributed by atoms with Gasteiger partial charge in [0.15, 0.2) is 0 Å². The maximum atomic E-state index is 12.2. The van der Waals surface area contributed by atoms with Gasteiger partial charge in [0.2, 0.25) is 5.91 Å². The van der Waals surface area contributed by atoms with Crippen LogP contribution < -0.4 is 10.1 Å². The van der Waals surface area contributed by atoms with E-state index in [0.717, 1.165) is 9.79 Å². The van der Waals surface area contributed by atoms with Crippen LogP contribution in [0.15, 0.2) is 58.3 Å². The van der Waals surface area contributed by atoms with Gasteiger partial charge in [-0.2, -0.15) is 0 Å². The Kier molecular flexibility index (Phi) is 6.33.